The van der Waals surface area contributed by atoms with Gasteiger partial charge >= 0.3 is 0 Å². The number of halogens is 1. The van der Waals surface area contributed by atoms with Crippen LogP contribution in [-0.4, -0.2) is 14.5 Å². The van der Waals surface area contributed by atoms with Crippen molar-refractivity contribution >= 4 is 26.0 Å². The highest BCUT2D eigenvalue weighted by atomic mass is 79.9. The van der Waals surface area contributed by atoms with Crippen LogP contribution in [0.15, 0.2) is 20.0 Å². The zero-order valence-electron chi connectivity index (χ0n) is 10.9. The first kappa shape index (κ1) is 13.3. The SMILES string of the molecule is NCc1cc(S(=O)(=O)NC2C3C4CCC(C4)C23)c(Br)o1. The largest absolute Gasteiger partial charge is 0.452 e. The summed E-state index contributed by atoms with van der Waals surface area (Å²) in [4.78, 5) is 0.162. The fourth-order valence-corrected chi connectivity index (χ4v) is 6.71. The van der Waals surface area contributed by atoms with E-state index in [2.05, 4.69) is 20.7 Å². The molecule has 0 saturated heterocycles. The molecule has 0 spiro atoms. The van der Waals surface area contributed by atoms with Gasteiger partial charge < -0.3 is 10.2 Å². The molecule has 0 radical (unpaired) electrons. The smallest absolute Gasteiger partial charge is 0.245 e. The Kier molecular flexibility index (Phi) is 2.87. The van der Waals surface area contributed by atoms with E-state index < -0.39 is 10.0 Å². The van der Waals surface area contributed by atoms with Gasteiger partial charge in [-0.2, -0.15) is 0 Å². The summed E-state index contributed by atoms with van der Waals surface area (Å²) >= 11 is 3.16. The van der Waals surface area contributed by atoms with Gasteiger partial charge in [0.15, 0.2) is 4.67 Å². The molecule has 0 aliphatic heterocycles. The van der Waals surface area contributed by atoms with Crippen molar-refractivity contribution in [2.45, 2.75) is 36.7 Å². The van der Waals surface area contributed by atoms with Crippen LogP contribution in [0.1, 0.15) is 25.0 Å². The van der Waals surface area contributed by atoms with Crippen LogP contribution in [0.3, 0.4) is 0 Å². The molecule has 4 rings (SSSR count). The highest BCUT2D eigenvalue weighted by Crippen LogP contribution is 2.65. The van der Waals surface area contributed by atoms with Crippen molar-refractivity contribution < 1.29 is 12.8 Å². The zero-order chi connectivity index (χ0) is 14.1. The van der Waals surface area contributed by atoms with Crippen LogP contribution in [0.25, 0.3) is 0 Å². The highest BCUT2D eigenvalue weighted by Gasteiger charge is 2.65. The molecule has 20 heavy (non-hydrogen) atoms. The molecule has 110 valence electrons. The number of nitrogens with two attached hydrogens (primary N) is 1. The Hall–Kier alpha value is -0.370. The van der Waals surface area contributed by atoms with Crippen LogP contribution >= 0.6 is 15.9 Å². The van der Waals surface area contributed by atoms with E-state index in [0.717, 1.165) is 11.8 Å². The predicted molar refractivity (Wildman–Crippen MR) is 76.2 cm³/mol. The van der Waals surface area contributed by atoms with Crippen LogP contribution in [0, 0.1) is 23.7 Å². The van der Waals surface area contributed by atoms with Gasteiger partial charge in [-0.1, -0.05) is 0 Å². The van der Waals surface area contributed by atoms with Crippen molar-refractivity contribution in [3.8, 4) is 0 Å². The number of hydrogen-bond acceptors (Lipinski definition) is 4. The lowest BCUT2D eigenvalue weighted by atomic mass is 10.0. The van der Waals surface area contributed by atoms with E-state index in [1.165, 1.54) is 25.3 Å². The molecule has 1 heterocycles. The van der Waals surface area contributed by atoms with E-state index in [1.807, 2.05) is 0 Å². The van der Waals surface area contributed by atoms with Crippen molar-refractivity contribution in [3.63, 3.8) is 0 Å². The van der Waals surface area contributed by atoms with Crippen molar-refractivity contribution in [2.24, 2.45) is 29.4 Å². The van der Waals surface area contributed by atoms with Gasteiger partial charge in [0.25, 0.3) is 0 Å². The van der Waals surface area contributed by atoms with Crippen molar-refractivity contribution in [1.82, 2.24) is 4.72 Å². The minimum atomic E-state index is -3.52. The number of furan rings is 1. The summed E-state index contributed by atoms with van der Waals surface area (Å²) < 4.78 is 33.3. The summed E-state index contributed by atoms with van der Waals surface area (Å²) in [6, 6.07) is 1.63. The predicted octanol–water partition coefficient (Wildman–Crippen LogP) is 1.82. The van der Waals surface area contributed by atoms with Crippen LogP contribution in [0.4, 0.5) is 0 Å². The Morgan fingerprint density at radius 2 is 2.00 bits per heavy atom. The Balaban J connectivity index is 1.55. The molecule has 2 bridgehead atoms. The van der Waals surface area contributed by atoms with Crippen LogP contribution in [0.2, 0.25) is 0 Å². The first-order chi connectivity index (χ1) is 9.51. The number of nitrogens with one attached hydrogen (secondary N) is 1. The van der Waals surface area contributed by atoms with Crippen LogP contribution in [-0.2, 0) is 16.6 Å². The lowest BCUT2D eigenvalue weighted by Crippen LogP contribution is -2.30. The molecule has 1 aromatic heterocycles. The Morgan fingerprint density at radius 3 is 2.55 bits per heavy atom. The minimum Gasteiger partial charge on any atom is -0.452 e. The number of hydrogen-bond donors (Lipinski definition) is 2. The van der Waals surface area contributed by atoms with E-state index in [4.69, 9.17) is 10.2 Å². The van der Waals surface area contributed by atoms with E-state index in [1.54, 1.807) is 0 Å². The van der Waals surface area contributed by atoms with Gasteiger partial charge in [-0.05, 0) is 58.9 Å². The Bertz CT molecular complexity index is 641. The first-order valence-electron chi connectivity index (χ1n) is 7.02. The van der Waals surface area contributed by atoms with E-state index in [9.17, 15) is 8.42 Å². The number of sulfonamides is 1. The molecule has 3 aliphatic carbocycles. The van der Waals surface area contributed by atoms with Gasteiger partial charge in [-0.15, -0.1) is 0 Å². The van der Waals surface area contributed by atoms with Gasteiger partial charge in [-0.25, -0.2) is 13.1 Å². The summed E-state index contributed by atoms with van der Waals surface area (Å²) in [7, 11) is -3.52. The molecule has 4 atom stereocenters. The maximum atomic E-state index is 12.5. The van der Waals surface area contributed by atoms with Gasteiger partial charge in [0.2, 0.25) is 10.0 Å². The standard InChI is InChI=1S/C13H17BrN2O3S/c14-13-9(4-8(5-15)19-13)20(17,18)16-12-10-6-1-2-7(3-6)11(10)12/h4,6-7,10-12,16H,1-3,5,15H2. The average Bonchev–Trinajstić information content (AvgIpc) is 2.81. The van der Waals surface area contributed by atoms with Crippen molar-refractivity contribution in [1.29, 1.82) is 0 Å². The van der Waals surface area contributed by atoms with Gasteiger partial charge in [0.1, 0.15) is 10.7 Å². The second-order valence-electron chi connectivity index (χ2n) is 6.19. The lowest BCUT2D eigenvalue weighted by molar-refractivity contribution is 0.456. The summed E-state index contributed by atoms with van der Waals surface area (Å²) in [5.41, 5.74) is 5.48. The second kappa shape index (κ2) is 4.32. The fourth-order valence-electron chi connectivity index (χ4n) is 4.41. The summed E-state index contributed by atoms with van der Waals surface area (Å²) in [5, 5.41) is 0. The first-order valence-corrected chi connectivity index (χ1v) is 9.29. The third-order valence-corrected chi connectivity index (χ3v) is 7.54. The van der Waals surface area contributed by atoms with E-state index in [0.29, 0.717) is 17.6 Å². The monoisotopic (exact) mass is 360 g/mol. The van der Waals surface area contributed by atoms with Gasteiger partial charge in [-0.3, -0.25) is 0 Å². The summed E-state index contributed by atoms with van der Waals surface area (Å²) in [6.45, 7) is 0.187. The molecule has 3 fully saturated rings. The van der Waals surface area contributed by atoms with E-state index >= 15 is 0 Å². The molecule has 0 amide bonds. The Labute approximate surface area is 126 Å². The molecule has 1 aromatic rings. The number of fused-ring (bicyclic) bond motifs is 5. The maximum absolute atomic E-state index is 12.5. The van der Waals surface area contributed by atoms with E-state index in [-0.39, 0.29) is 22.2 Å². The van der Waals surface area contributed by atoms with Gasteiger partial charge in [0, 0.05) is 12.1 Å². The van der Waals surface area contributed by atoms with Crippen molar-refractivity contribution in [3.05, 3.63) is 16.5 Å². The molecular formula is C13H17BrN2O3S. The molecule has 0 aromatic carbocycles. The lowest BCUT2D eigenvalue weighted by Gasteiger charge is -2.10. The third kappa shape index (κ3) is 1.83. The quantitative estimate of drug-likeness (QED) is 0.857. The Morgan fingerprint density at radius 1 is 1.35 bits per heavy atom. The van der Waals surface area contributed by atoms with Crippen LogP contribution < -0.4 is 10.5 Å². The molecule has 4 unspecified atom stereocenters. The molecule has 3 N–H and O–H groups in total. The third-order valence-electron chi connectivity index (χ3n) is 5.22. The van der Waals surface area contributed by atoms with Crippen molar-refractivity contribution in [2.75, 3.05) is 0 Å². The fraction of sp³-hybridized carbons (Fsp3) is 0.692. The normalized spacial score (nSPS) is 38.2. The topological polar surface area (TPSA) is 85.3 Å². The highest BCUT2D eigenvalue weighted by molar-refractivity contribution is 9.10. The molecule has 5 nitrogen and oxygen atoms in total. The minimum absolute atomic E-state index is 0.134. The molecule has 3 aliphatic rings. The van der Waals surface area contributed by atoms with Gasteiger partial charge in [0.05, 0.1) is 6.54 Å². The molecular weight excluding hydrogens is 344 g/mol. The average molecular weight is 361 g/mol. The number of rotatable bonds is 4. The molecule has 3 saturated carbocycles. The molecule has 7 heteroatoms. The maximum Gasteiger partial charge on any atom is 0.245 e. The summed E-state index contributed by atoms with van der Waals surface area (Å²) in [6.07, 6.45) is 3.86. The van der Waals surface area contributed by atoms with Crippen LogP contribution in [0.5, 0.6) is 0 Å². The zero-order valence-corrected chi connectivity index (χ0v) is 13.3. The second-order valence-corrected chi connectivity index (χ2v) is 8.59. The summed E-state index contributed by atoms with van der Waals surface area (Å²) in [5.74, 6) is 3.09.